The number of methoxy groups -OCH3 is 1. The minimum atomic E-state index is -3.97. The molecule has 1 aliphatic carbocycles. The predicted octanol–water partition coefficient (Wildman–Crippen LogP) is 3.06. The van der Waals surface area contributed by atoms with E-state index in [9.17, 15) is 18.3 Å². The lowest BCUT2D eigenvalue weighted by molar-refractivity contribution is 0.0346. The van der Waals surface area contributed by atoms with Crippen LogP contribution in [0.5, 0.6) is 11.5 Å². The van der Waals surface area contributed by atoms with Gasteiger partial charge in [-0.1, -0.05) is 13.0 Å². The van der Waals surface area contributed by atoms with Gasteiger partial charge in [0, 0.05) is 25.6 Å². The van der Waals surface area contributed by atoms with Crippen molar-refractivity contribution in [1.29, 1.82) is 0 Å². The van der Waals surface area contributed by atoms with Gasteiger partial charge in [-0.2, -0.15) is 0 Å². The largest absolute Gasteiger partial charge is 0.497 e. The van der Waals surface area contributed by atoms with Crippen molar-refractivity contribution < 1.29 is 27.8 Å². The molecule has 202 valence electrons. The number of hydrogen-bond donors (Lipinski definition) is 2. The van der Waals surface area contributed by atoms with Crippen molar-refractivity contribution >= 4 is 21.6 Å². The number of likely N-dealkylation sites (N-methyl/N-ethyl adjacent to an activating group) is 1. The SMILES string of the molecule is COc1ccc(S(=O)(=O)Nc2cccc3c2O[C@@H](CN(C)CC2CC2)[C@@H](C)CN([C@@H](C)CO)C3=O)cc1. The van der Waals surface area contributed by atoms with Crippen molar-refractivity contribution in [2.75, 3.05) is 45.1 Å². The van der Waals surface area contributed by atoms with E-state index in [1.807, 2.05) is 6.92 Å². The van der Waals surface area contributed by atoms with Gasteiger partial charge in [-0.3, -0.25) is 9.52 Å². The maximum absolute atomic E-state index is 13.6. The average Bonchev–Trinajstić information content (AvgIpc) is 3.69. The van der Waals surface area contributed by atoms with Crippen molar-refractivity contribution in [2.24, 2.45) is 11.8 Å². The number of aliphatic hydroxyl groups excluding tert-OH is 1. The van der Waals surface area contributed by atoms with E-state index in [0.717, 1.165) is 6.54 Å². The smallest absolute Gasteiger partial charge is 0.262 e. The normalized spacial score (nSPS) is 21.0. The summed E-state index contributed by atoms with van der Waals surface area (Å²) in [6.45, 7) is 5.67. The zero-order chi connectivity index (χ0) is 26.7. The molecule has 0 spiro atoms. The molecule has 1 aliphatic heterocycles. The minimum Gasteiger partial charge on any atom is -0.497 e. The van der Waals surface area contributed by atoms with E-state index < -0.39 is 16.1 Å². The van der Waals surface area contributed by atoms with E-state index in [-0.39, 0.29) is 46.4 Å². The molecule has 2 aromatic carbocycles. The summed E-state index contributed by atoms with van der Waals surface area (Å²) in [6.07, 6.45) is 2.18. The second kappa shape index (κ2) is 11.3. The first-order valence-electron chi connectivity index (χ1n) is 12.7. The molecule has 10 heteroatoms. The Hall–Kier alpha value is -2.82. The van der Waals surface area contributed by atoms with Crippen molar-refractivity contribution in [3.05, 3.63) is 48.0 Å². The Kier molecular flexibility index (Phi) is 8.30. The van der Waals surface area contributed by atoms with Crippen LogP contribution in [0, 0.1) is 11.8 Å². The number of hydrogen-bond acceptors (Lipinski definition) is 7. The molecule has 37 heavy (non-hydrogen) atoms. The quantitative estimate of drug-likeness (QED) is 0.485. The van der Waals surface area contributed by atoms with Crippen LogP contribution in [0.15, 0.2) is 47.4 Å². The number of rotatable bonds is 10. The zero-order valence-electron chi connectivity index (χ0n) is 21.9. The highest BCUT2D eigenvalue weighted by atomic mass is 32.2. The number of nitrogens with one attached hydrogen (secondary N) is 1. The van der Waals surface area contributed by atoms with Gasteiger partial charge in [0.25, 0.3) is 15.9 Å². The molecule has 2 aliphatic rings. The number of anilines is 1. The van der Waals surface area contributed by atoms with Gasteiger partial charge in [-0.25, -0.2) is 8.42 Å². The second-order valence-electron chi connectivity index (χ2n) is 10.3. The highest BCUT2D eigenvalue weighted by Crippen LogP contribution is 2.36. The third kappa shape index (κ3) is 6.37. The summed E-state index contributed by atoms with van der Waals surface area (Å²) < 4.78 is 40.8. The number of ether oxygens (including phenoxy) is 2. The fraction of sp³-hybridized carbons (Fsp3) is 0.519. The number of sulfonamides is 1. The fourth-order valence-corrected chi connectivity index (χ4v) is 5.69. The standard InChI is InChI=1S/C27H37N3O6S/c1-18-14-30(19(2)17-31)27(32)23-6-5-7-24(26(23)36-25(18)16-29(3)15-20-8-9-20)28-37(33,34)22-12-10-21(35-4)11-13-22/h5-7,10-13,18-20,25,28,31H,8-9,14-17H2,1-4H3/t18-,19-,25-/m0/s1. The van der Waals surface area contributed by atoms with Gasteiger partial charge in [-0.15, -0.1) is 0 Å². The van der Waals surface area contributed by atoms with Gasteiger partial charge in [0.05, 0.1) is 35.9 Å². The highest BCUT2D eigenvalue weighted by molar-refractivity contribution is 7.92. The summed E-state index contributed by atoms with van der Waals surface area (Å²) in [6, 6.07) is 10.5. The molecule has 2 aromatic rings. The van der Waals surface area contributed by atoms with Gasteiger partial charge in [-0.05, 0) is 69.1 Å². The van der Waals surface area contributed by atoms with Gasteiger partial charge in [0.15, 0.2) is 5.75 Å². The van der Waals surface area contributed by atoms with Gasteiger partial charge < -0.3 is 24.4 Å². The first-order chi connectivity index (χ1) is 17.6. The summed E-state index contributed by atoms with van der Waals surface area (Å²) in [5.41, 5.74) is 0.458. The van der Waals surface area contributed by atoms with Gasteiger partial charge in [0.1, 0.15) is 11.9 Å². The lowest BCUT2D eigenvalue weighted by Crippen LogP contribution is -2.50. The van der Waals surface area contributed by atoms with E-state index in [1.165, 1.54) is 32.1 Å². The van der Waals surface area contributed by atoms with Crippen molar-refractivity contribution in [2.45, 2.75) is 43.7 Å². The van der Waals surface area contributed by atoms with E-state index in [2.05, 4.69) is 16.7 Å². The highest BCUT2D eigenvalue weighted by Gasteiger charge is 2.35. The molecule has 0 saturated heterocycles. The molecular weight excluding hydrogens is 494 g/mol. The van der Waals surface area contributed by atoms with E-state index in [0.29, 0.717) is 24.8 Å². The Balaban J connectivity index is 1.71. The Morgan fingerprint density at radius 1 is 1.19 bits per heavy atom. The maximum Gasteiger partial charge on any atom is 0.262 e. The third-order valence-corrected chi connectivity index (χ3v) is 8.45. The predicted molar refractivity (Wildman–Crippen MR) is 142 cm³/mol. The van der Waals surface area contributed by atoms with Crippen LogP contribution < -0.4 is 14.2 Å². The van der Waals surface area contributed by atoms with Crippen LogP contribution >= 0.6 is 0 Å². The number of amides is 1. The van der Waals surface area contributed by atoms with Crippen LogP contribution in [0.25, 0.3) is 0 Å². The lowest BCUT2D eigenvalue weighted by Gasteiger charge is -2.38. The molecular formula is C27H37N3O6S. The molecule has 3 atom stereocenters. The zero-order valence-corrected chi connectivity index (χ0v) is 22.7. The number of carbonyl (C=O) groups excluding carboxylic acids is 1. The summed E-state index contributed by atoms with van der Waals surface area (Å²) in [5.74, 6) is 1.09. The average molecular weight is 532 g/mol. The molecule has 0 aromatic heterocycles. The van der Waals surface area contributed by atoms with Crippen LogP contribution in [0.3, 0.4) is 0 Å². The van der Waals surface area contributed by atoms with Crippen molar-refractivity contribution in [1.82, 2.24) is 9.80 Å². The molecule has 0 bridgehead atoms. The molecule has 1 fully saturated rings. The van der Waals surface area contributed by atoms with Gasteiger partial charge >= 0.3 is 0 Å². The van der Waals surface area contributed by atoms with Crippen molar-refractivity contribution in [3.8, 4) is 11.5 Å². The van der Waals surface area contributed by atoms with Crippen LogP contribution in [0.2, 0.25) is 0 Å². The second-order valence-corrected chi connectivity index (χ2v) is 11.9. The number of aliphatic hydroxyl groups is 1. The van der Waals surface area contributed by atoms with Crippen LogP contribution in [-0.4, -0.2) is 81.8 Å². The Morgan fingerprint density at radius 3 is 2.51 bits per heavy atom. The van der Waals surface area contributed by atoms with E-state index in [4.69, 9.17) is 9.47 Å². The Morgan fingerprint density at radius 2 is 1.89 bits per heavy atom. The number of benzene rings is 2. The number of nitrogens with zero attached hydrogens (tertiary/aromatic N) is 2. The lowest BCUT2D eigenvalue weighted by atomic mass is 9.99. The molecule has 1 heterocycles. The fourth-order valence-electron chi connectivity index (χ4n) is 4.62. The topological polar surface area (TPSA) is 108 Å². The first kappa shape index (κ1) is 27.2. The van der Waals surface area contributed by atoms with Crippen LogP contribution in [0.4, 0.5) is 5.69 Å². The molecule has 1 saturated carbocycles. The number of para-hydroxylation sites is 1. The third-order valence-electron chi connectivity index (χ3n) is 7.06. The van der Waals surface area contributed by atoms with Gasteiger partial charge in [0.2, 0.25) is 0 Å². The summed E-state index contributed by atoms with van der Waals surface area (Å²) in [4.78, 5) is 17.6. The molecule has 0 radical (unpaired) electrons. The Bertz CT molecular complexity index is 1200. The number of fused-ring (bicyclic) bond motifs is 1. The van der Waals surface area contributed by atoms with E-state index in [1.54, 1.807) is 42.2 Å². The molecule has 9 nitrogen and oxygen atoms in total. The molecule has 2 N–H and O–H groups in total. The van der Waals surface area contributed by atoms with Crippen LogP contribution in [0.1, 0.15) is 37.0 Å². The maximum atomic E-state index is 13.6. The van der Waals surface area contributed by atoms with Crippen LogP contribution in [-0.2, 0) is 10.0 Å². The summed E-state index contributed by atoms with van der Waals surface area (Å²) in [7, 11) is -0.394. The van der Waals surface area contributed by atoms with Crippen molar-refractivity contribution in [3.63, 3.8) is 0 Å². The van der Waals surface area contributed by atoms with E-state index >= 15 is 0 Å². The molecule has 4 rings (SSSR count). The minimum absolute atomic E-state index is 0.0565. The summed E-state index contributed by atoms with van der Waals surface area (Å²) >= 11 is 0. The molecule has 1 amide bonds. The summed E-state index contributed by atoms with van der Waals surface area (Å²) in [5, 5.41) is 9.86. The monoisotopic (exact) mass is 531 g/mol. The number of carbonyl (C=O) groups is 1. The molecule has 0 unspecified atom stereocenters. The Labute approximate surface area is 219 Å². The first-order valence-corrected chi connectivity index (χ1v) is 14.2.